The Morgan fingerprint density at radius 3 is 2.93 bits per heavy atom. The molecule has 0 saturated carbocycles. The minimum absolute atomic E-state index is 0.682. The van der Waals surface area contributed by atoms with Gasteiger partial charge in [-0.2, -0.15) is 0 Å². The van der Waals surface area contributed by atoms with Crippen LogP contribution in [0.5, 0.6) is 0 Å². The zero-order valence-electron chi connectivity index (χ0n) is 7.46. The van der Waals surface area contributed by atoms with Crippen LogP contribution >= 0.6 is 27.3 Å². The van der Waals surface area contributed by atoms with Gasteiger partial charge in [-0.3, -0.25) is 4.40 Å². The third-order valence-electron chi connectivity index (χ3n) is 1.97. The highest BCUT2D eigenvalue weighted by molar-refractivity contribution is 9.10. The molecule has 0 saturated heterocycles. The Bertz CT molecular complexity index is 602. The average molecular weight is 281 g/mol. The van der Waals surface area contributed by atoms with E-state index in [9.17, 15) is 0 Å². The van der Waals surface area contributed by atoms with E-state index in [1.807, 2.05) is 22.2 Å². The first-order valence-electron chi connectivity index (χ1n) is 4.22. The fourth-order valence-electron chi connectivity index (χ4n) is 1.32. The van der Waals surface area contributed by atoms with E-state index in [4.69, 9.17) is 0 Å². The molecule has 0 aliphatic heterocycles. The maximum absolute atomic E-state index is 4.37. The third kappa shape index (κ3) is 1.55. The van der Waals surface area contributed by atoms with E-state index in [2.05, 4.69) is 30.9 Å². The van der Waals surface area contributed by atoms with Crippen LogP contribution in [0.3, 0.4) is 0 Å². The number of halogens is 1. The first kappa shape index (κ1) is 8.99. The van der Waals surface area contributed by atoms with Crippen molar-refractivity contribution >= 4 is 33.0 Å². The molecule has 4 nitrogen and oxygen atoms in total. The van der Waals surface area contributed by atoms with Crippen molar-refractivity contribution in [2.45, 2.75) is 0 Å². The summed E-state index contributed by atoms with van der Waals surface area (Å²) < 4.78 is 2.80. The minimum Gasteiger partial charge on any atom is -0.289 e. The Morgan fingerprint density at radius 1 is 1.20 bits per heavy atom. The lowest BCUT2D eigenvalue weighted by Crippen LogP contribution is -1.85. The SMILES string of the molecule is Brc1cnc2nc(-c3cscn3)cn2c1. The van der Waals surface area contributed by atoms with Gasteiger partial charge in [0.1, 0.15) is 11.4 Å². The van der Waals surface area contributed by atoms with Gasteiger partial charge in [-0.25, -0.2) is 15.0 Å². The van der Waals surface area contributed by atoms with E-state index >= 15 is 0 Å². The zero-order valence-corrected chi connectivity index (χ0v) is 9.86. The van der Waals surface area contributed by atoms with Gasteiger partial charge < -0.3 is 0 Å². The fourth-order valence-corrected chi connectivity index (χ4v) is 2.19. The standard InChI is InChI=1S/C9H5BrN4S/c10-6-1-11-9-13-7(3-14(9)2-6)8-4-15-5-12-8/h1-5H. The molecule has 3 heterocycles. The van der Waals surface area contributed by atoms with Crippen molar-refractivity contribution < 1.29 is 0 Å². The monoisotopic (exact) mass is 280 g/mol. The van der Waals surface area contributed by atoms with Crippen molar-refractivity contribution in [2.75, 3.05) is 0 Å². The second kappa shape index (κ2) is 3.39. The Labute approximate surface area is 97.8 Å². The van der Waals surface area contributed by atoms with Crippen molar-refractivity contribution in [3.8, 4) is 11.4 Å². The van der Waals surface area contributed by atoms with Gasteiger partial charge in [0.2, 0.25) is 5.78 Å². The van der Waals surface area contributed by atoms with Crippen LogP contribution in [-0.4, -0.2) is 19.4 Å². The maximum Gasteiger partial charge on any atom is 0.234 e. The Balaban J connectivity index is 2.22. The van der Waals surface area contributed by atoms with Crippen LogP contribution in [0, 0.1) is 0 Å². The second-order valence-corrected chi connectivity index (χ2v) is 4.61. The van der Waals surface area contributed by atoms with Crippen LogP contribution in [0.15, 0.2) is 34.0 Å². The number of imidazole rings is 1. The lowest BCUT2D eigenvalue weighted by Gasteiger charge is -1.90. The van der Waals surface area contributed by atoms with E-state index in [1.54, 1.807) is 23.0 Å². The maximum atomic E-state index is 4.37. The van der Waals surface area contributed by atoms with Crippen molar-refractivity contribution in [1.82, 2.24) is 19.4 Å². The van der Waals surface area contributed by atoms with Crippen molar-refractivity contribution in [2.24, 2.45) is 0 Å². The van der Waals surface area contributed by atoms with Crippen molar-refractivity contribution in [1.29, 1.82) is 0 Å². The summed E-state index contributed by atoms with van der Waals surface area (Å²) in [6.07, 6.45) is 5.57. The number of aromatic nitrogens is 4. The van der Waals surface area contributed by atoms with Gasteiger partial charge in [0.05, 0.1) is 9.98 Å². The van der Waals surface area contributed by atoms with E-state index in [0.717, 1.165) is 15.9 Å². The summed E-state index contributed by atoms with van der Waals surface area (Å²) in [6.45, 7) is 0. The fraction of sp³-hybridized carbons (Fsp3) is 0. The molecule has 0 atom stereocenters. The molecule has 15 heavy (non-hydrogen) atoms. The number of rotatable bonds is 1. The van der Waals surface area contributed by atoms with Crippen LogP contribution in [0.25, 0.3) is 17.2 Å². The van der Waals surface area contributed by atoms with Crippen LogP contribution in [0.4, 0.5) is 0 Å². The molecule has 74 valence electrons. The topological polar surface area (TPSA) is 43.1 Å². The molecule has 0 N–H and O–H groups in total. The van der Waals surface area contributed by atoms with E-state index in [-0.39, 0.29) is 0 Å². The van der Waals surface area contributed by atoms with Crippen LogP contribution in [-0.2, 0) is 0 Å². The number of hydrogen-bond acceptors (Lipinski definition) is 4. The predicted octanol–water partition coefficient (Wildman–Crippen LogP) is 2.62. The average Bonchev–Trinajstić information content (AvgIpc) is 2.84. The molecule has 0 spiro atoms. The lowest BCUT2D eigenvalue weighted by atomic mass is 10.4. The molecule has 6 heteroatoms. The first-order chi connectivity index (χ1) is 7.33. The normalized spacial score (nSPS) is 11.0. The van der Waals surface area contributed by atoms with Crippen LogP contribution in [0.2, 0.25) is 0 Å². The van der Waals surface area contributed by atoms with E-state index in [0.29, 0.717) is 5.78 Å². The molecular formula is C9H5BrN4S. The van der Waals surface area contributed by atoms with Gasteiger partial charge >= 0.3 is 0 Å². The van der Waals surface area contributed by atoms with Gasteiger partial charge in [0, 0.05) is 24.0 Å². The van der Waals surface area contributed by atoms with Crippen LogP contribution < -0.4 is 0 Å². The molecule has 0 fully saturated rings. The minimum atomic E-state index is 0.682. The number of thiazole rings is 1. The van der Waals surface area contributed by atoms with Gasteiger partial charge in [-0.05, 0) is 15.9 Å². The Hall–Kier alpha value is -1.27. The zero-order chi connectivity index (χ0) is 10.3. The number of nitrogens with zero attached hydrogens (tertiary/aromatic N) is 4. The van der Waals surface area contributed by atoms with Gasteiger partial charge in [-0.1, -0.05) is 0 Å². The largest absolute Gasteiger partial charge is 0.289 e. The molecule has 0 radical (unpaired) electrons. The summed E-state index contributed by atoms with van der Waals surface area (Å²) in [6, 6.07) is 0. The molecule has 0 unspecified atom stereocenters. The third-order valence-corrected chi connectivity index (χ3v) is 2.97. The highest BCUT2D eigenvalue weighted by Crippen LogP contribution is 2.18. The highest BCUT2D eigenvalue weighted by Gasteiger charge is 2.06. The number of hydrogen-bond donors (Lipinski definition) is 0. The van der Waals surface area contributed by atoms with Crippen molar-refractivity contribution in [3.05, 3.63) is 34.0 Å². The molecule has 0 amide bonds. The second-order valence-electron chi connectivity index (χ2n) is 2.98. The first-order valence-corrected chi connectivity index (χ1v) is 5.95. The van der Waals surface area contributed by atoms with Crippen molar-refractivity contribution in [3.63, 3.8) is 0 Å². The molecular weight excluding hydrogens is 276 g/mol. The van der Waals surface area contributed by atoms with Gasteiger partial charge in [0.15, 0.2) is 0 Å². The molecule has 0 aromatic carbocycles. The lowest BCUT2D eigenvalue weighted by molar-refractivity contribution is 1.10. The Kier molecular flexibility index (Phi) is 2.03. The summed E-state index contributed by atoms with van der Waals surface area (Å²) in [4.78, 5) is 12.8. The van der Waals surface area contributed by atoms with Gasteiger partial charge in [0.25, 0.3) is 0 Å². The van der Waals surface area contributed by atoms with Gasteiger partial charge in [-0.15, -0.1) is 11.3 Å². The van der Waals surface area contributed by atoms with E-state index in [1.165, 1.54) is 0 Å². The summed E-state index contributed by atoms with van der Waals surface area (Å²) in [5.74, 6) is 0.682. The summed E-state index contributed by atoms with van der Waals surface area (Å²) in [5, 5.41) is 1.97. The molecule has 0 aliphatic rings. The Morgan fingerprint density at radius 2 is 2.13 bits per heavy atom. The summed E-state index contributed by atoms with van der Waals surface area (Å²) in [7, 11) is 0. The van der Waals surface area contributed by atoms with Crippen LogP contribution in [0.1, 0.15) is 0 Å². The molecule has 3 rings (SSSR count). The molecule has 0 bridgehead atoms. The quantitative estimate of drug-likeness (QED) is 0.688. The summed E-state index contributed by atoms with van der Waals surface area (Å²) >= 11 is 4.92. The number of fused-ring (bicyclic) bond motifs is 1. The summed E-state index contributed by atoms with van der Waals surface area (Å²) in [5.41, 5.74) is 3.53. The molecule has 3 aromatic heterocycles. The molecule has 0 aliphatic carbocycles. The smallest absolute Gasteiger partial charge is 0.234 e. The van der Waals surface area contributed by atoms with E-state index < -0.39 is 0 Å². The highest BCUT2D eigenvalue weighted by atomic mass is 79.9. The molecule has 3 aromatic rings. The predicted molar refractivity (Wildman–Crippen MR) is 61.8 cm³/mol.